The van der Waals surface area contributed by atoms with Gasteiger partial charge in [-0.3, -0.25) is 9.69 Å². The Kier molecular flexibility index (Phi) is 3.85. The Bertz CT molecular complexity index is 536. The SMILES string of the molecule is CC(C(=O)Nc1ccc(F)c(N)c1)N1CC2CCCC2C1. The van der Waals surface area contributed by atoms with Crippen LogP contribution in [0, 0.1) is 17.7 Å². The summed E-state index contributed by atoms with van der Waals surface area (Å²) in [4.78, 5) is 14.6. The molecule has 2 aliphatic rings. The van der Waals surface area contributed by atoms with Crippen molar-refractivity contribution >= 4 is 17.3 Å². The molecule has 1 aliphatic carbocycles. The van der Waals surface area contributed by atoms with Crippen molar-refractivity contribution in [2.45, 2.75) is 32.2 Å². The standard InChI is InChI=1S/C16H22FN3O/c1-10(20-8-11-3-2-4-12(11)9-20)16(21)19-13-5-6-14(17)15(18)7-13/h5-7,10-12H,2-4,8-9,18H2,1H3,(H,19,21). The van der Waals surface area contributed by atoms with Gasteiger partial charge in [-0.15, -0.1) is 0 Å². The van der Waals surface area contributed by atoms with E-state index in [9.17, 15) is 9.18 Å². The summed E-state index contributed by atoms with van der Waals surface area (Å²) in [7, 11) is 0. The van der Waals surface area contributed by atoms with Crippen LogP contribution in [0.4, 0.5) is 15.8 Å². The maximum absolute atomic E-state index is 13.1. The van der Waals surface area contributed by atoms with E-state index < -0.39 is 5.82 Å². The highest BCUT2D eigenvalue weighted by Crippen LogP contribution is 2.38. The number of nitrogens with one attached hydrogen (secondary N) is 1. The fourth-order valence-electron chi connectivity index (χ4n) is 3.62. The van der Waals surface area contributed by atoms with E-state index in [4.69, 9.17) is 5.73 Å². The summed E-state index contributed by atoms with van der Waals surface area (Å²) in [5.41, 5.74) is 6.12. The van der Waals surface area contributed by atoms with Gasteiger partial charge in [-0.1, -0.05) is 6.42 Å². The van der Waals surface area contributed by atoms with Crippen LogP contribution in [0.3, 0.4) is 0 Å². The predicted molar refractivity (Wildman–Crippen MR) is 81.3 cm³/mol. The van der Waals surface area contributed by atoms with Gasteiger partial charge in [0.05, 0.1) is 11.7 Å². The van der Waals surface area contributed by atoms with E-state index in [1.807, 2.05) is 6.92 Å². The van der Waals surface area contributed by atoms with Crippen molar-refractivity contribution in [2.24, 2.45) is 11.8 Å². The lowest BCUT2D eigenvalue weighted by molar-refractivity contribution is -0.120. The summed E-state index contributed by atoms with van der Waals surface area (Å²) in [6, 6.07) is 4.10. The summed E-state index contributed by atoms with van der Waals surface area (Å²) < 4.78 is 13.1. The van der Waals surface area contributed by atoms with E-state index in [1.165, 1.54) is 37.5 Å². The molecule has 0 spiro atoms. The topological polar surface area (TPSA) is 58.4 Å². The molecule has 3 atom stereocenters. The van der Waals surface area contributed by atoms with Crippen LogP contribution in [0.5, 0.6) is 0 Å². The Hall–Kier alpha value is -1.62. The van der Waals surface area contributed by atoms with Crippen LogP contribution in [0.2, 0.25) is 0 Å². The summed E-state index contributed by atoms with van der Waals surface area (Å²) in [5, 5.41) is 2.83. The smallest absolute Gasteiger partial charge is 0.241 e. The molecule has 3 N–H and O–H groups in total. The molecule has 0 bridgehead atoms. The largest absolute Gasteiger partial charge is 0.396 e. The van der Waals surface area contributed by atoms with Gasteiger partial charge >= 0.3 is 0 Å². The van der Waals surface area contributed by atoms with Gasteiger partial charge in [0, 0.05) is 18.8 Å². The Morgan fingerprint density at radius 3 is 2.67 bits per heavy atom. The van der Waals surface area contributed by atoms with Crippen molar-refractivity contribution in [3.05, 3.63) is 24.0 Å². The van der Waals surface area contributed by atoms with E-state index in [-0.39, 0.29) is 17.6 Å². The van der Waals surface area contributed by atoms with Crippen LogP contribution in [-0.4, -0.2) is 29.9 Å². The fourth-order valence-corrected chi connectivity index (χ4v) is 3.62. The molecule has 4 nitrogen and oxygen atoms in total. The quantitative estimate of drug-likeness (QED) is 0.841. The van der Waals surface area contributed by atoms with E-state index in [0.29, 0.717) is 5.69 Å². The summed E-state index contributed by atoms with van der Waals surface area (Å²) >= 11 is 0. The lowest BCUT2D eigenvalue weighted by Gasteiger charge is -2.24. The molecular weight excluding hydrogens is 269 g/mol. The second-order valence-corrected chi connectivity index (χ2v) is 6.31. The minimum absolute atomic E-state index is 0.0520. The highest BCUT2D eigenvalue weighted by molar-refractivity contribution is 5.94. The van der Waals surface area contributed by atoms with Crippen molar-refractivity contribution < 1.29 is 9.18 Å². The number of fused-ring (bicyclic) bond motifs is 1. The zero-order valence-electron chi connectivity index (χ0n) is 12.3. The van der Waals surface area contributed by atoms with Crippen molar-refractivity contribution in [1.29, 1.82) is 0 Å². The number of benzene rings is 1. The Balaban J connectivity index is 1.61. The molecule has 1 heterocycles. The van der Waals surface area contributed by atoms with Crippen LogP contribution in [0.25, 0.3) is 0 Å². The lowest BCUT2D eigenvalue weighted by Crippen LogP contribution is -2.41. The average Bonchev–Trinajstić information content (AvgIpc) is 3.03. The molecule has 1 aromatic carbocycles. The number of amides is 1. The highest BCUT2D eigenvalue weighted by atomic mass is 19.1. The fraction of sp³-hybridized carbons (Fsp3) is 0.562. The summed E-state index contributed by atoms with van der Waals surface area (Å²) in [6.45, 7) is 3.97. The van der Waals surface area contributed by atoms with Gasteiger partial charge in [0.25, 0.3) is 0 Å². The molecule has 3 rings (SSSR count). The molecular formula is C16H22FN3O. The molecule has 3 unspecified atom stereocenters. The van der Waals surface area contributed by atoms with Crippen molar-refractivity contribution in [3.8, 4) is 0 Å². The highest BCUT2D eigenvalue weighted by Gasteiger charge is 2.39. The van der Waals surface area contributed by atoms with Gasteiger partial charge in [0.1, 0.15) is 5.82 Å². The number of hydrogen-bond acceptors (Lipinski definition) is 3. The number of nitrogen functional groups attached to an aromatic ring is 1. The second kappa shape index (κ2) is 5.64. The molecule has 0 radical (unpaired) electrons. The molecule has 2 fully saturated rings. The molecule has 1 saturated heterocycles. The normalized spacial score (nSPS) is 26.6. The molecule has 114 valence electrons. The Labute approximate surface area is 124 Å². The van der Waals surface area contributed by atoms with Gasteiger partial charge in [-0.2, -0.15) is 0 Å². The molecule has 1 aliphatic heterocycles. The predicted octanol–water partition coefficient (Wildman–Crippen LogP) is 2.47. The maximum Gasteiger partial charge on any atom is 0.241 e. The average molecular weight is 291 g/mol. The summed E-state index contributed by atoms with van der Waals surface area (Å²) in [5.74, 6) is 1.01. The number of likely N-dealkylation sites (tertiary alicyclic amines) is 1. The molecule has 1 saturated carbocycles. The zero-order valence-corrected chi connectivity index (χ0v) is 12.3. The van der Waals surface area contributed by atoms with Crippen LogP contribution < -0.4 is 11.1 Å². The Morgan fingerprint density at radius 2 is 2.05 bits per heavy atom. The van der Waals surface area contributed by atoms with E-state index >= 15 is 0 Å². The van der Waals surface area contributed by atoms with Gasteiger partial charge in [0.15, 0.2) is 0 Å². The third-order valence-electron chi connectivity index (χ3n) is 4.95. The number of carbonyl (C=O) groups is 1. The third kappa shape index (κ3) is 2.88. The number of carbonyl (C=O) groups excluding carboxylic acids is 1. The van der Waals surface area contributed by atoms with Crippen LogP contribution in [-0.2, 0) is 4.79 Å². The lowest BCUT2D eigenvalue weighted by atomic mass is 10.0. The minimum atomic E-state index is -0.464. The van der Waals surface area contributed by atoms with E-state index in [2.05, 4.69) is 10.2 Å². The number of anilines is 2. The van der Waals surface area contributed by atoms with Crippen LogP contribution in [0.15, 0.2) is 18.2 Å². The van der Waals surface area contributed by atoms with Gasteiger partial charge in [-0.05, 0) is 49.8 Å². The third-order valence-corrected chi connectivity index (χ3v) is 4.95. The number of hydrogen-bond donors (Lipinski definition) is 2. The number of nitrogens with zero attached hydrogens (tertiary/aromatic N) is 1. The Morgan fingerprint density at radius 1 is 1.38 bits per heavy atom. The maximum atomic E-state index is 13.1. The van der Waals surface area contributed by atoms with Crippen molar-refractivity contribution in [2.75, 3.05) is 24.1 Å². The number of halogens is 1. The van der Waals surface area contributed by atoms with Gasteiger partial charge in [0.2, 0.25) is 5.91 Å². The zero-order chi connectivity index (χ0) is 15.0. The van der Waals surface area contributed by atoms with Gasteiger partial charge in [-0.25, -0.2) is 4.39 Å². The number of nitrogens with two attached hydrogens (primary N) is 1. The molecule has 21 heavy (non-hydrogen) atoms. The second-order valence-electron chi connectivity index (χ2n) is 6.31. The van der Waals surface area contributed by atoms with E-state index in [0.717, 1.165) is 24.9 Å². The minimum Gasteiger partial charge on any atom is -0.396 e. The van der Waals surface area contributed by atoms with Gasteiger partial charge < -0.3 is 11.1 Å². The first kappa shape index (κ1) is 14.3. The van der Waals surface area contributed by atoms with Crippen molar-refractivity contribution in [3.63, 3.8) is 0 Å². The number of rotatable bonds is 3. The summed E-state index contributed by atoms with van der Waals surface area (Å²) in [6.07, 6.45) is 3.92. The van der Waals surface area contributed by atoms with Crippen LogP contribution >= 0.6 is 0 Å². The molecule has 0 aromatic heterocycles. The van der Waals surface area contributed by atoms with Crippen molar-refractivity contribution in [1.82, 2.24) is 4.90 Å². The first-order valence-corrected chi connectivity index (χ1v) is 7.64. The first-order valence-electron chi connectivity index (χ1n) is 7.64. The van der Waals surface area contributed by atoms with Crippen LogP contribution in [0.1, 0.15) is 26.2 Å². The first-order chi connectivity index (χ1) is 10.0. The molecule has 1 amide bonds. The van der Waals surface area contributed by atoms with E-state index in [1.54, 1.807) is 0 Å². The monoisotopic (exact) mass is 291 g/mol. The molecule has 1 aromatic rings. The molecule has 5 heteroatoms.